The van der Waals surface area contributed by atoms with Gasteiger partial charge in [-0.25, -0.2) is 14.7 Å². The third-order valence-electron chi connectivity index (χ3n) is 1.55. The summed E-state index contributed by atoms with van der Waals surface area (Å²) in [5.41, 5.74) is 0. The third kappa shape index (κ3) is 2.20. The summed E-state index contributed by atoms with van der Waals surface area (Å²) in [4.78, 5) is 16.3. The second-order valence-corrected chi connectivity index (χ2v) is 2.40. The molecule has 0 aromatic carbocycles. The van der Waals surface area contributed by atoms with E-state index in [4.69, 9.17) is 5.26 Å². The number of aromatic nitrogens is 1. The Morgan fingerprint density at radius 3 is 3.00 bits per heavy atom. The van der Waals surface area contributed by atoms with E-state index < -0.39 is 6.09 Å². The maximum Gasteiger partial charge on any atom is 0.416 e. The first kappa shape index (κ1) is 9.99. The summed E-state index contributed by atoms with van der Waals surface area (Å²) in [6, 6.07) is 6.96. The van der Waals surface area contributed by atoms with Crippen LogP contribution in [0.2, 0.25) is 0 Å². The molecule has 0 spiro atoms. The highest BCUT2D eigenvalue weighted by atomic mass is 16.5. The van der Waals surface area contributed by atoms with Gasteiger partial charge in [0.05, 0.1) is 13.2 Å². The van der Waals surface area contributed by atoms with Crippen LogP contribution < -0.4 is 4.90 Å². The van der Waals surface area contributed by atoms with Gasteiger partial charge in [-0.15, -0.1) is 0 Å². The number of ether oxygens (including phenoxy) is 1. The van der Waals surface area contributed by atoms with Crippen LogP contribution in [0.3, 0.4) is 0 Å². The van der Waals surface area contributed by atoms with Gasteiger partial charge in [0.15, 0.2) is 0 Å². The van der Waals surface area contributed by atoms with Crippen LogP contribution in [-0.2, 0) is 4.74 Å². The van der Waals surface area contributed by atoms with Crippen molar-refractivity contribution in [2.75, 3.05) is 18.6 Å². The third-order valence-corrected chi connectivity index (χ3v) is 1.55. The number of nitriles is 1. The number of pyridine rings is 1. The molecule has 1 aromatic heterocycles. The highest BCUT2D eigenvalue weighted by molar-refractivity contribution is 5.86. The molecular weight excluding hydrogens is 182 g/mol. The molecule has 0 saturated heterocycles. The number of hydrogen-bond acceptors (Lipinski definition) is 4. The monoisotopic (exact) mass is 191 g/mol. The Bertz CT molecular complexity index is 345. The quantitative estimate of drug-likeness (QED) is 0.658. The molecule has 1 amide bonds. The molecule has 0 bridgehead atoms. The Morgan fingerprint density at radius 2 is 2.50 bits per heavy atom. The SMILES string of the molecule is COC(=O)N(CC#N)c1ccccn1. The van der Waals surface area contributed by atoms with Gasteiger partial charge >= 0.3 is 6.09 Å². The second-order valence-electron chi connectivity index (χ2n) is 2.40. The van der Waals surface area contributed by atoms with E-state index in [9.17, 15) is 4.79 Å². The first-order valence-electron chi connectivity index (χ1n) is 3.93. The van der Waals surface area contributed by atoms with E-state index in [-0.39, 0.29) is 6.54 Å². The van der Waals surface area contributed by atoms with Crippen LogP contribution >= 0.6 is 0 Å². The molecule has 14 heavy (non-hydrogen) atoms. The van der Waals surface area contributed by atoms with E-state index in [1.807, 2.05) is 6.07 Å². The molecule has 1 heterocycles. The second kappa shape index (κ2) is 4.82. The lowest BCUT2D eigenvalue weighted by Gasteiger charge is -2.15. The summed E-state index contributed by atoms with van der Waals surface area (Å²) in [5, 5.41) is 8.52. The maximum absolute atomic E-state index is 11.2. The fourth-order valence-electron chi connectivity index (χ4n) is 0.933. The van der Waals surface area contributed by atoms with Crippen LogP contribution in [0.1, 0.15) is 0 Å². The zero-order chi connectivity index (χ0) is 10.4. The number of methoxy groups -OCH3 is 1. The smallest absolute Gasteiger partial charge is 0.416 e. The van der Waals surface area contributed by atoms with Crippen molar-refractivity contribution >= 4 is 11.9 Å². The topological polar surface area (TPSA) is 66.2 Å². The van der Waals surface area contributed by atoms with Crippen LogP contribution in [0.4, 0.5) is 10.6 Å². The minimum atomic E-state index is -0.592. The molecule has 0 aliphatic heterocycles. The van der Waals surface area contributed by atoms with Crippen molar-refractivity contribution in [2.24, 2.45) is 0 Å². The fraction of sp³-hybridized carbons (Fsp3) is 0.222. The number of anilines is 1. The molecular formula is C9H9N3O2. The molecule has 5 nitrogen and oxygen atoms in total. The minimum absolute atomic E-state index is 0.0797. The summed E-state index contributed by atoms with van der Waals surface area (Å²) in [5.74, 6) is 0.404. The van der Waals surface area contributed by atoms with E-state index in [0.29, 0.717) is 5.82 Å². The number of hydrogen-bond donors (Lipinski definition) is 0. The van der Waals surface area contributed by atoms with E-state index in [0.717, 1.165) is 4.90 Å². The van der Waals surface area contributed by atoms with Crippen molar-refractivity contribution in [2.45, 2.75) is 0 Å². The van der Waals surface area contributed by atoms with Crippen molar-refractivity contribution in [1.82, 2.24) is 4.98 Å². The van der Waals surface area contributed by atoms with Crippen LogP contribution in [0.5, 0.6) is 0 Å². The Hall–Kier alpha value is -2.09. The van der Waals surface area contributed by atoms with E-state index in [2.05, 4.69) is 9.72 Å². The van der Waals surface area contributed by atoms with Crippen LogP contribution in [0.15, 0.2) is 24.4 Å². The normalized spacial score (nSPS) is 8.86. The van der Waals surface area contributed by atoms with Crippen molar-refractivity contribution in [1.29, 1.82) is 5.26 Å². The summed E-state index contributed by atoms with van der Waals surface area (Å²) >= 11 is 0. The molecule has 0 N–H and O–H groups in total. The summed E-state index contributed by atoms with van der Waals surface area (Å²) in [6.45, 7) is -0.0797. The molecule has 0 aliphatic carbocycles. The number of rotatable bonds is 2. The van der Waals surface area contributed by atoms with Gasteiger partial charge in [-0.05, 0) is 12.1 Å². The van der Waals surface area contributed by atoms with Crippen molar-refractivity contribution < 1.29 is 9.53 Å². The van der Waals surface area contributed by atoms with Gasteiger partial charge in [0.1, 0.15) is 12.4 Å². The standard InChI is InChI=1S/C9H9N3O2/c1-14-9(13)12(7-5-10)8-4-2-3-6-11-8/h2-4,6H,7H2,1H3. The van der Waals surface area contributed by atoms with Gasteiger partial charge < -0.3 is 4.74 Å². The average Bonchev–Trinajstić information content (AvgIpc) is 2.26. The molecule has 72 valence electrons. The number of amides is 1. The molecule has 1 rings (SSSR count). The van der Waals surface area contributed by atoms with Gasteiger partial charge in [0, 0.05) is 6.20 Å². The Morgan fingerprint density at radius 1 is 1.71 bits per heavy atom. The van der Waals surface area contributed by atoms with Gasteiger partial charge in [0.25, 0.3) is 0 Å². The predicted octanol–water partition coefficient (Wildman–Crippen LogP) is 1.18. The van der Waals surface area contributed by atoms with Gasteiger partial charge in [-0.2, -0.15) is 5.26 Å². The molecule has 0 saturated carbocycles. The van der Waals surface area contributed by atoms with Gasteiger partial charge in [0.2, 0.25) is 0 Å². The molecule has 0 fully saturated rings. The highest BCUT2D eigenvalue weighted by Crippen LogP contribution is 2.09. The van der Waals surface area contributed by atoms with Gasteiger partial charge in [-0.3, -0.25) is 0 Å². The zero-order valence-corrected chi connectivity index (χ0v) is 7.67. The van der Waals surface area contributed by atoms with Crippen LogP contribution in [-0.4, -0.2) is 24.7 Å². The maximum atomic E-state index is 11.2. The summed E-state index contributed by atoms with van der Waals surface area (Å²) in [7, 11) is 1.26. The molecule has 0 aliphatic rings. The Balaban J connectivity index is 2.90. The molecule has 5 heteroatoms. The molecule has 0 unspecified atom stereocenters. The Kier molecular flexibility index (Phi) is 3.44. The molecule has 0 atom stereocenters. The largest absolute Gasteiger partial charge is 0.452 e. The van der Waals surface area contributed by atoms with E-state index >= 15 is 0 Å². The summed E-state index contributed by atoms with van der Waals surface area (Å²) < 4.78 is 4.52. The molecule has 1 aromatic rings. The first-order valence-corrected chi connectivity index (χ1v) is 3.93. The number of carbonyl (C=O) groups excluding carboxylic acids is 1. The lowest BCUT2D eigenvalue weighted by Crippen LogP contribution is -2.31. The zero-order valence-electron chi connectivity index (χ0n) is 7.67. The highest BCUT2D eigenvalue weighted by Gasteiger charge is 2.15. The van der Waals surface area contributed by atoms with Gasteiger partial charge in [-0.1, -0.05) is 6.07 Å². The van der Waals surface area contributed by atoms with Crippen LogP contribution in [0, 0.1) is 11.3 Å². The Labute approximate surface area is 81.5 Å². The lowest BCUT2D eigenvalue weighted by molar-refractivity contribution is 0.179. The number of nitrogens with zero attached hydrogens (tertiary/aromatic N) is 3. The van der Waals surface area contributed by atoms with Crippen molar-refractivity contribution in [3.8, 4) is 6.07 Å². The average molecular weight is 191 g/mol. The van der Waals surface area contributed by atoms with Crippen LogP contribution in [0.25, 0.3) is 0 Å². The minimum Gasteiger partial charge on any atom is -0.452 e. The molecule has 0 radical (unpaired) electrons. The van der Waals surface area contributed by atoms with E-state index in [1.54, 1.807) is 24.4 Å². The predicted molar refractivity (Wildman–Crippen MR) is 49.6 cm³/mol. The van der Waals surface area contributed by atoms with Crippen molar-refractivity contribution in [3.63, 3.8) is 0 Å². The van der Waals surface area contributed by atoms with E-state index in [1.165, 1.54) is 7.11 Å². The van der Waals surface area contributed by atoms with Crippen molar-refractivity contribution in [3.05, 3.63) is 24.4 Å². The fourth-order valence-corrected chi connectivity index (χ4v) is 0.933. The first-order chi connectivity index (χ1) is 6.79. The lowest BCUT2D eigenvalue weighted by atomic mass is 10.4. The number of carbonyl (C=O) groups is 1. The summed E-state index contributed by atoms with van der Waals surface area (Å²) in [6.07, 6.45) is 0.952.